The zero-order valence-corrected chi connectivity index (χ0v) is 16.5. The van der Waals surface area contributed by atoms with E-state index in [1.807, 2.05) is 49.4 Å². The number of amides is 2. The fourth-order valence-electron chi connectivity index (χ4n) is 3.28. The second-order valence-electron chi connectivity index (χ2n) is 7.76. The first kappa shape index (κ1) is 19.0. The summed E-state index contributed by atoms with van der Waals surface area (Å²) in [5.41, 5.74) is 2.46. The molecule has 0 radical (unpaired) electrons. The Labute approximate surface area is 160 Å². The Morgan fingerprint density at radius 2 is 1.89 bits per heavy atom. The molecule has 0 saturated carbocycles. The molecule has 0 unspecified atom stereocenters. The van der Waals surface area contributed by atoms with E-state index in [0.717, 1.165) is 16.8 Å². The number of anilines is 2. The molecule has 1 aliphatic heterocycles. The number of hydrogen-bond donors (Lipinski definition) is 1. The van der Waals surface area contributed by atoms with Gasteiger partial charge < -0.3 is 10.1 Å². The van der Waals surface area contributed by atoms with Gasteiger partial charge in [-0.1, -0.05) is 38.1 Å². The SMILES string of the molecule is Cc1ccc2c(c1)N(CC(=O)Nc1ccccc1C(C)C)C(=O)C(C)(C)O2. The summed E-state index contributed by atoms with van der Waals surface area (Å²) in [5, 5.41) is 2.96. The Bertz CT molecular complexity index is 887. The molecule has 1 N–H and O–H groups in total. The maximum absolute atomic E-state index is 12.9. The fourth-order valence-corrected chi connectivity index (χ4v) is 3.28. The van der Waals surface area contributed by atoms with Crippen molar-refractivity contribution in [2.45, 2.75) is 46.1 Å². The standard InChI is InChI=1S/C22H26N2O3/c1-14(2)16-8-6-7-9-17(16)23-20(25)13-24-18-12-15(3)10-11-19(18)27-22(4,5)21(24)26/h6-12,14H,13H2,1-5H3,(H,23,25). The molecule has 0 fully saturated rings. The maximum Gasteiger partial charge on any atom is 0.271 e. The molecule has 1 heterocycles. The molecule has 2 aromatic rings. The van der Waals surface area contributed by atoms with E-state index in [1.54, 1.807) is 13.8 Å². The lowest BCUT2D eigenvalue weighted by Crippen LogP contribution is -2.54. The molecular formula is C22H26N2O3. The number of aryl methyl sites for hydroxylation is 1. The molecule has 0 bridgehead atoms. The van der Waals surface area contributed by atoms with Crippen molar-refractivity contribution in [3.63, 3.8) is 0 Å². The second-order valence-corrected chi connectivity index (χ2v) is 7.76. The summed E-state index contributed by atoms with van der Waals surface area (Å²) < 4.78 is 5.84. The quantitative estimate of drug-likeness (QED) is 0.879. The highest BCUT2D eigenvalue weighted by molar-refractivity contribution is 6.07. The largest absolute Gasteiger partial charge is 0.476 e. The van der Waals surface area contributed by atoms with Crippen LogP contribution in [0.3, 0.4) is 0 Å². The molecule has 0 atom stereocenters. The van der Waals surface area contributed by atoms with Gasteiger partial charge in [-0.25, -0.2) is 0 Å². The third-order valence-electron chi connectivity index (χ3n) is 4.69. The van der Waals surface area contributed by atoms with E-state index in [0.29, 0.717) is 11.4 Å². The molecule has 0 saturated heterocycles. The Hall–Kier alpha value is -2.82. The van der Waals surface area contributed by atoms with Crippen LogP contribution in [0.25, 0.3) is 0 Å². The Morgan fingerprint density at radius 3 is 2.59 bits per heavy atom. The number of carbonyl (C=O) groups is 2. The van der Waals surface area contributed by atoms with Crippen molar-refractivity contribution in [1.82, 2.24) is 0 Å². The summed E-state index contributed by atoms with van der Waals surface area (Å²) in [4.78, 5) is 27.2. The maximum atomic E-state index is 12.9. The topological polar surface area (TPSA) is 58.6 Å². The minimum absolute atomic E-state index is 0.0610. The summed E-state index contributed by atoms with van der Waals surface area (Å²) in [6, 6.07) is 13.4. The fraction of sp³-hybridized carbons (Fsp3) is 0.364. The van der Waals surface area contributed by atoms with Gasteiger partial charge in [0.2, 0.25) is 5.91 Å². The van der Waals surface area contributed by atoms with Crippen molar-refractivity contribution < 1.29 is 14.3 Å². The zero-order chi connectivity index (χ0) is 19.8. The van der Waals surface area contributed by atoms with E-state index in [-0.39, 0.29) is 24.3 Å². The van der Waals surface area contributed by atoms with E-state index in [4.69, 9.17) is 4.74 Å². The van der Waals surface area contributed by atoms with Crippen LogP contribution in [0.15, 0.2) is 42.5 Å². The minimum Gasteiger partial charge on any atom is -0.476 e. The van der Waals surface area contributed by atoms with Gasteiger partial charge >= 0.3 is 0 Å². The Kier molecular flexibility index (Phi) is 4.96. The predicted octanol–water partition coefficient (Wildman–Crippen LogP) is 4.26. The average Bonchev–Trinajstić information content (AvgIpc) is 2.60. The van der Waals surface area contributed by atoms with Gasteiger partial charge in [0.25, 0.3) is 5.91 Å². The predicted molar refractivity (Wildman–Crippen MR) is 107 cm³/mol. The third-order valence-corrected chi connectivity index (χ3v) is 4.69. The number of nitrogens with one attached hydrogen (secondary N) is 1. The van der Waals surface area contributed by atoms with E-state index < -0.39 is 5.60 Å². The van der Waals surface area contributed by atoms with Crippen molar-refractivity contribution >= 4 is 23.2 Å². The van der Waals surface area contributed by atoms with E-state index in [1.165, 1.54) is 4.90 Å². The molecule has 0 aromatic heterocycles. The Balaban J connectivity index is 1.87. The lowest BCUT2D eigenvalue weighted by atomic mass is 10.0. The van der Waals surface area contributed by atoms with Gasteiger partial charge in [-0.2, -0.15) is 0 Å². The molecule has 0 spiro atoms. The van der Waals surface area contributed by atoms with Gasteiger partial charge in [-0.05, 0) is 56.0 Å². The molecule has 5 heteroatoms. The van der Waals surface area contributed by atoms with Gasteiger partial charge in [-0.3, -0.25) is 14.5 Å². The van der Waals surface area contributed by atoms with Crippen molar-refractivity contribution in [1.29, 1.82) is 0 Å². The van der Waals surface area contributed by atoms with Crippen molar-refractivity contribution in [2.24, 2.45) is 0 Å². The summed E-state index contributed by atoms with van der Waals surface area (Å²) in [7, 11) is 0. The van der Waals surface area contributed by atoms with Crippen LogP contribution in [-0.2, 0) is 9.59 Å². The van der Waals surface area contributed by atoms with E-state index in [2.05, 4.69) is 19.2 Å². The smallest absolute Gasteiger partial charge is 0.271 e. The number of ether oxygens (including phenoxy) is 1. The molecule has 3 rings (SSSR count). The van der Waals surface area contributed by atoms with Gasteiger partial charge in [0.15, 0.2) is 5.60 Å². The lowest BCUT2D eigenvalue weighted by molar-refractivity contribution is -0.133. The number of carbonyl (C=O) groups excluding carboxylic acids is 2. The molecule has 142 valence electrons. The van der Waals surface area contributed by atoms with E-state index >= 15 is 0 Å². The first-order valence-electron chi connectivity index (χ1n) is 9.19. The third kappa shape index (κ3) is 3.82. The highest BCUT2D eigenvalue weighted by atomic mass is 16.5. The molecule has 27 heavy (non-hydrogen) atoms. The second kappa shape index (κ2) is 7.06. The summed E-state index contributed by atoms with van der Waals surface area (Å²) in [6.45, 7) is 9.49. The van der Waals surface area contributed by atoms with Crippen molar-refractivity contribution in [3.8, 4) is 5.75 Å². The van der Waals surface area contributed by atoms with E-state index in [9.17, 15) is 9.59 Å². The van der Waals surface area contributed by atoms with Crippen LogP contribution in [-0.4, -0.2) is 24.0 Å². The molecule has 2 amide bonds. The first-order chi connectivity index (χ1) is 12.7. The number of fused-ring (bicyclic) bond motifs is 1. The number of para-hydroxylation sites is 1. The molecule has 2 aromatic carbocycles. The summed E-state index contributed by atoms with van der Waals surface area (Å²) in [6.07, 6.45) is 0. The van der Waals surface area contributed by atoms with Crippen LogP contribution < -0.4 is 15.0 Å². The molecular weight excluding hydrogens is 340 g/mol. The minimum atomic E-state index is -1.02. The zero-order valence-electron chi connectivity index (χ0n) is 16.5. The van der Waals surface area contributed by atoms with Gasteiger partial charge in [0, 0.05) is 5.69 Å². The van der Waals surface area contributed by atoms with Crippen LogP contribution >= 0.6 is 0 Å². The van der Waals surface area contributed by atoms with Gasteiger partial charge in [0.05, 0.1) is 5.69 Å². The van der Waals surface area contributed by atoms with Crippen LogP contribution in [0.1, 0.15) is 44.7 Å². The van der Waals surface area contributed by atoms with Crippen LogP contribution in [0.2, 0.25) is 0 Å². The van der Waals surface area contributed by atoms with Crippen LogP contribution in [0.5, 0.6) is 5.75 Å². The summed E-state index contributed by atoms with van der Waals surface area (Å²) in [5.74, 6) is 0.434. The number of hydrogen-bond acceptors (Lipinski definition) is 3. The van der Waals surface area contributed by atoms with Crippen LogP contribution in [0.4, 0.5) is 11.4 Å². The Morgan fingerprint density at radius 1 is 1.19 bits per heavy atom. The highest BCUT2D eigenvalue weighted by Crippen LogP contribution is 2.38. The monoisotopic (exact) mass is 366 g/mol. The first-order valence-corrected chi connectivity index (χ1v) is 9.19. The lowest BCUT2D eigenvalue weighted by Gasteiger charge is -2.38. The van der Waals surface area contributed by atoms with Crippen molar-refractivity contribution in [2.75, 3.05) is 16.8 Å². The number of rotatable bonds is 4. The molecule has 1 aliphatic rings. The molecule has 0 aliphatic carbocycles. The number of benzene rings is 2. The van der Waals surface area contributed by atoms with Gasteiger partial charge in [-0.15, -0.1) is 0 Å². The molecule has 5 nitrogen and oxygen atoms in total. The summed E-state index contributed by atoms with van der Waals surface area (Å²) >= 11 is 0. The highest BCUT2D eigenvalue weighted by Gasteiger charge is 2.41. The average molecular weight is 366 g/mol. The normalized spacial score (nSPS) is 15.3. The van der Waals surface area contributed by atoms with Crippen LogP contribution in [0, 0.1) is 6.92 Å². The number of nitrogens with zero attached hydrogens (tertiary/aromatic N) is 1. The van der Waals surface area contributed by atoms with Crippen molar-refractivity contribution in [3.05, 3.63) is 53.6 Å². The van der Waals surface area contributed by atoms with Gasteiger partial charge in [0.1, 0.15) is 12.3 Å².